The second-order valence-electron chi connectivity index (χ2n) is 10.6. The van der Waals surface area contributed by atoms with Gasteiger partial charge in [0.05, 0.1) is 47.5 Å². The Morgan fingerprint density at radius 1 is 1.02 bits per heavy atom. The van der Waals surface area contributed by atoms with E-state index >= 15 is 0 Å². The van der Waals surface area contributed by atoms with Gasteiger partial charge in [-0.15, -0.1) is 0 Å². The Hall–Kier alpha value is -4.47. The predicted molar refractivity (Wildman–Crippen MR) is 155 cm³/mol. The van der Waals surface area contributed by atoms with Gasteiger partial charge in [0.25, 0.3) is 11.5 Å². The molecule has 0 aliphatic carbocycles. The molecule has 0 saturated carbocycles. The third-order valence-electron chi connectivity index (χ3n) is 7.12. The topological polar surface area (TPSA) is 108 Å². The van der Waals surface area contributed by atoms with Crippen LogP contribution in [0.15, 0.2) is 84.0 Å². The zero-order chi connectivity index (χ0) is 27.6. The van der Waals surface area contributed by atoms with Crippen molar-refractivity contribution < 1.29 is 9.53 Å². The number of rotatable bonds is 7. The number of anilines is 1. The van der Waals surface area contributed by atoms with E-state index in [2.05, 4.69) is 51.3 Å². The van der Waals surface area contributed by atoms with E-state index in [1.165, 1.54) is 11.8 Å². The van der Waals surface area contributed by atoms with E-state index in [9.17, 15) is 9.59 Å². The van der Waals surface area contributed by atoms with E-state index in [-0.39, 0.29) is 23.7 Å². The summed E-state index contributed by atoms with van der Waals surface area (Å²) < 4.78 is 7.58. The van der Waals surface area contributed by atoms with Crippen molar-refractivity contribution in [3.63, 3.8) is 0 Å². The highest BCUT2D eigenvalue weighted by Gasteiger charge is 2.22. The zero-order valence-corrected chi connectivity index (χ0v) is 22.6. The van der Waals surface area contributed by atoms with Crippen molar-refractivity contribution >= 4 is 22.5 Å². The Kier molecular flexibility index (Phi) is 7.06. The second-order valence-corrected chi connectivity index (χ2v) is 10.6. The molecule has 0 spiro atoms. The molecule has 9 nitrogen and oxygen atoms in total. The number of morpholine rings is 1. The summed E-state index contributed by atoms with van der Waals surface area (Å²) in [5.41, 5.74) is 5.08. The van der Waals surface area contributed by atoms with Crippen molar-refractivity contribution in [2.45, 2.75) is 39.1 Å². The molecule has 3 N–H and O–H groups in total. The standard InChI is InChI=1S/C31H32N6O3/c1-20-15-36(16-21(2)40-20)17-23-8-9-28-24(10-23)11-29(35-28)27-12-26(14-32-31(27)39)34-30(38)25-13-33-37(19-25)18-22-6-4-3-5-7-22/h3-14,19-21,35H,15-18H2,1-2H3,(H,32,39)(H,34,38). The van der Waals surface area contributed by atoms with Gasteiger partial charge in [0.2, 0.25) is 0 Å². The van der Waals surface area contributed by atoms with Gasteiger partial charge in [0.1, 0.15) is 0 Å². The summed E-state index contributed by atoms with van der Waals surface area (Å²) in [5.74, 6) is -0.301. The minimum atomic E-state index is -0.301. The van der Waals surface area contributed by atoms with Gasteiger partial charge in [0, 0.05) is 42.9 Å². The molecule has 1 amide bonds. The summed E-state index contributed by atoms with van der Waals surface area (Å²) in [6.45, 7) is 7.45. The van der Waals surface area contributed by atoms with Crippen LogP contribution in [0.1, 0.15) is 35.3 Å². The van der Waals surface area contributed by atoms with Gasteiger partial charge in [-0.3, -0.25) is 19.2 Å². The number of benzene rings is 2. The molecule has 2 unspecified atom stereocenters. The number of fused-ring (bicyclic) bond motifs is 1. The van der Waals surface area contributed by atoms with Gasteiger partial charge >= 0.3 is 0 Å². The van der Waals surface area contributed by atoms with Crippen LogP contribution in [0, 0.1) is 0 Å². The first-order valence-corrected chi connectivity index (χ1v) is 13.5. The molecular formula is C31H32N6O3. The first-order valence-electron chi connectivity index (χ1n) is 13.5. The molecule has 2 aromatic carbocycles. The van der Waals surface area contributed by atoms with Crippen LogP contribution in [0.25, 0.3) is 22.2 Å². The molecule has 1 aliphatic rings. The maximum Gasteiger partial charge on any atom is 0.258 e. The van der Waals surface area contributed by atoms with Crippen molar-refractivity contribution in [2.75, 3.05) is 18.4 Å². The van der Waals surface area contributed by atoms with Crippen LogP contribution in [-0.4, -0.2) is 55.9 Å². The maximum atomic E-state index is 12.9. The summed E-state index contributed by atoms with van der Waals surface area (Å²) in [5, 5.41) is 8.22. The van der Waals surface area contributed by atoms with Crippen LogP contribution in [0.4, 0.5) is 5.69 Å². The lowest BCUT2D eigenvalue weighted by molar-refractivity contribution is -0.0704. The van der Waals surface area contributed by atoms with Gasteiger partial charge in [-0.1, -0.05) is 36.4 Å². The molecule has 0 radical (unpaired) electrons. The fourth-order valence-electron chi connectivity index (χ4n) is 5.39. The number of ether oxygens (including phenoxy) is 1. The molecule has 1 aliphatic heterocycles. The van der Waals surface area contributed by atoms with Crippen LogP contribution >= 0.6 is 0 Å². The maximum absolute atomic E-state index is 12.9. The number of carbonyl (C=O) groups excluding carboxylic acids is 1. The monoisotopic (exact) mass is 536 g/mol. The van der Waals surface area contributed by atoms with Gasteiger partial charge in [-0.25, -0.2) is 0 Å². The van der Waals surface area contributed by atoms with Crippen molar-refractivity contribution in [2.24, 2.45) is 0 Å². The van der Waals surface area contributed by atoms with Crippen LogP contribution in [0.2, 0.25) is 0 Å². The first kappa shape index (κ1) is 25.8. The van der Waals surface area contributed by atoms with E-state index in [4.69, 9.17) is 4.74 Å². The first-order chi connectivity index (χ1) is 19.4. The molecule has 2 atom stereocenters. The minimum absolute atomic E-state index is 0.219. The van der Waals surface area contributed by atoms with Crippen molar-refractivity contribution in [1.29, 1.82) is 0 Å². The van der Waals surface area contributed by atoms with E-state index in [1.807, 2.05) is 42.5 Å². The molecule has 1 fully saturated rings. The number of carbonyl (C=O) groups is 1. The summed E-state index contributed by atoms with van der Waals surface area (Å²) >= 11 is 0. The van der Waals surface area contributed by atoms with E-state index in [0.717, 1.165) is 36.1 Å². The van der Waals surface area contributed by atoms with Crippen molar-refractivity contribution in [3.8, 4) is 11.3 Å². The lowest BCUT2D eigenvalue weighted by Crippen LogP contribution is -2.44. The van der Waals surface area contributed by atoms with E-state index < -0.39 is 0 Å². The number of nitrogens with zero attached hydrogens (tertiary/aromatic N) is 3. The number of amides is 1. The highest BCUT2D eigenvalue weighted by molar-refractivity contribution is 6.04. The lowest BCUT2D eigenvalue weighted by Gasteiger charge is -2.35. The summed E-state index contributed by atoms with van der Waals surface area (Å²) in [4.78, 5) is 34.2. The number of hydrogen-bond acceptors (Lipinski definition) is 5. The number of H-pyrrole nitrogens is 2. The molecular weight excluding hydrogens is 504 g/mol. The normalized spacial score (nSPS) is 17.8. The van der Waals surface area contributed by atoms with Crippen LogP contribution in [0.3, 0.4) is 0 Å². The zero-order valence-electron chi connectivity index (χ0n) is 22.6. The molecule has 0 bridgehead atoms. The number of pyridine rings is 1. The summed E-state index contributed by atoms with van der Waals surface area (Å²) in [7, 11) is 0. The number of nitrogens with one attached hydrogen (secondary N) is 3. The third-order valence-corrected chi connectivity index (χ3v) is 7.12. The SMILES string of the molecule is CC1CN(Cc2ccc3[nH]c(-c4cc(NC(=O)c5cnn(Cc6ccccc6)c5)c[nH]c4=O)cc3c2)CC(C)O1. The quantitative estimate of drug-likeness (QED) is 0.281. The molecule has 5 aromatic rings. The average molecular weight is 537 g/mol. The van der Waals surface area contributed by atoms with Crippen LogP contribution in [-0.2, 0) is 17.8 Å². The van der Waals surface area contributed by atoms with Gasteiger partial charge in [0.15, 0.2) is 0 Å². The Bertz CT molecular complexity index is 1690. The van der Waals surface area contributed by atoms with Gasteiger partial charge in [-0.05, 0) is 49.2 Å². The number of aromatic amines is 2. The van der Waals surface area contributed by atoms with Crippen LogP contribution in [0.5, 0.6) is 0 Å². The molecule has 1 saturated heterocycles. The average Bonchev–Trinajstić information content (AvgIpc) is 3.57. The lowest BCUT2D eigenvalue weighted by atomic mass is 10.1. The smallest absolute Gasteiger partial charge is 0.258 e. The summed E-state index contributed by atoms with van der Waals surface area (Å²) in [6.07, 6.45) is 5.19. The molecule has 3 aromatic heterocycles. The summed E-state index contributed by atoms with van der Waals surface area (Å²) in [6, 6.07) is 19.9. The molecule has 40 heavy (non-hydrogen) atoms. The van der Waals surface area contributed by atoms with Crippen molar-refractivity contribution in [1.82, 2.24) is 24.6 Å². The fraction of sp³-hybridized carbons (Fsp3) is 0.258. The molecule has 4 heterocycles. The van der Waals surface area contributed by atoms with E-state index in [0.29, 0.717) is 29.1 Å². The minimum Gasteiger partial charge on any atom is -0.373 e. The highest BCUT2D eigenvalue weighted by Crippen LogP contribution is 2.25. The Labute approximate surface area is 231 Å². The van der Waals surface area contributed by atoms with E-state index in [1.54, 1.807) is 23.1 Å². The molecule has 6 rings (SSSR count). The fourth-order valence-corrected chi connectivity index (χ4v) is 5.39. The van der Waals surface area contributed by atoms with Gasteiger partial charge < -0.3 is 20.0 Å². The van der Waals surface area contributed by atoms with Gasteiger partial charge in [-0.2, -0.15) is 5.10 Å². The number of aromatic nitrogens is 4. The Morgan fingerprint density at radius 2 is 1.82 bits per heavy atom. The van der Waals surface area contributed by atoms with Crippen molar-refractivity contribution in [3.05, 3.63) is 106 Å². The third kappa shape index (κ3) is 5.75. The Morgan fingerprint density at radius 3 is 2.62 bits per heavy atom. The number of hydrogen-bond donors (Lipinski definition) is 3. The molecule has 204 valence electrons. The highest BCUT2D eigenvalue weighted by atomic mass is 16.5. The second kappa shape index (κ2) is 11.0. The largest absolute Gasteiger partial charge is 0.373 e. The van der Waals surface area contributed by atoms with Crippen LogP contribution < -0.4 is 10.9 Å². The Balaban J connectivity index is 1.17. The predicted octanol–water partition coefficient (Wildman–Crippen LogP) is 4.63. The molecule has 9 heteroatoms.